The maximum absolute atomic E-state index is 2.89. The van der Waals surface area contributed by atoms with Crippen LogP contribution in [0.15, 0.2) is 78.9 Å². The Kier molecular flexibility index (Phi) is 9.96. The van der Waals surface area contributed by atoms with Crippen LogP contribution in [-0.2, 0) is 30.2 Å². The first kappa shape index (κ1) is 18.4. The number of benzene rings is 2. The smallest absolute Gasteiger partial charge is 0.210 e. The summed E-state index contributed by atoms with van der Waals surface area (Å²) in [7, 11) is 0. The van der Waals surface area contributed by atoms with E-state index in [1.165, 1.54) is 25.7 Å². The van der Waals surface area contributed by atoms with Gasteiger partial charge in [-0.2, -0.15) is 96.1 Å². The molecule has 1 heteroatoms. The van der Waals surface area contributed by atoms with Crippen molar-refractivity contribution >= 4 is 0 Å². The van der Waals surface area contributed by atoms with Crippen LogP contribution >= 0.6 is 0 Å². The van der Waals surface area contributed by atoms with E-state index in [-0.39, 0.29) is 17.4 Å². The minimum Gasteiger partial charge on any atom is -0.210 e. The van der Waals surface area contributed by atoms with Gasteiger partial charge in [-0.05, 0) is 0 Å². The van der Waals surface area contributed by atoms with E-state index < -0.39 is 0 Å². The predicted octanol–water partition coefficient (Wildman–Crippen LogP) is 5.26. The van der Waals surface area contributed by atoms with Crippen LogP contribution in [-0.4, -0.2) is 0 Å². The van der Waals surface area contributed by atoms with Gasteiger partial charge in [0.2, 0.25) is 0 Å². The number of rotatable bonds is 0. The summed E-state index contributed by atoms with van der Waals surface area (Å²) in [6.07, 6.45) is 5.44. The van der Waals surface area contributed by atoms with Gasteiger partial charge in [-0.15, -0.1) is 0 Å². The Balaban J connectivity index is 0.000000167. The predicted molar refractivity (Wildman–Crippen MR) is 89.2 cm³/mol. The van der Waals surface area contributed by atoms with E-state index in [1.54, 1.807) is 11.1 Å². The van der Waals surface area contributed by atoms with Gasteiger partial charge in [0.1, 0.15) is 0 Å². The van der Waals surface area contributed by atoms with Crippen molar-refractivity contribution < 1.29 is 17.4 Å². The number of hydrogen-bond donors (Lipinski definition) is 0. The first-order chi connectivity index (χ1) is 10.5. The van der Waals surface area contributed by atoms with Crippen molar-refractivity contribution in [2.45, 2.75) is 25.7 Å². The van der Waals surface area contributed by atoms with Gasteiger partial charge in [0.05, 0.1) is 0 Å². The molecule has 0 fully saturated rings. The SMILES string of the molecule is [Cr+3].[c-]1ccccc1.[c-]1ccccc1.c1cc2c([cH-]1)CCCC2. The molecule has 0 saturated carbocycles. The fourth-order valence-corrected chi connectivity index (χ4v) is 2.30. The number of aryl methyl sites for hydroxylation is 2. The van der Waals surface area contributed by atoms with Crippen LogP contribution in [0.2, 0.25) is 0 Å². The summed E-state index contributed by atoms with van der Waals surface area (Å²) in [6, 6.07) is 31.7. The molecule has 0 amide bonds. The Morgan fingerprint density at radius 2 is 1.27 bits per heavy atom. The second kappa shape index (κ2) is 11.9. The topological polar surface area (TPSA) is 0 Å². The van der Waals surface area contributed by atoms with Crippen molar-refractivity contribution in [3.8, 4) is 0 Å². The monoisotopic (exact) mass is 325 g/mol. The fraction of sp³-hybridized carbons (Fsp3) is 0.190. The normalized spacial score (nSPS) is 11.5. The van der Waals surface area contributed by atoms with Gasteiger partial charge in [-0.3, -0.25) is 0 Å². The van der Waals surface area contributed by atoms with Crippen molar-refractivity contribution in [3.63, 3.8) is 0 Å². The molecule has 0 N–H and O–H groups in total. The van der Waals surface area contributed by atoms with E-state index in [0.717, 1.165) is 0 Å². The molecule has 0 nitrogen and oxygen atoms in total. The summed E-state index contributed by atoms with van der Waals surface area (Å²) in [5, 5.41) is 0. The zero-order valence-electron chi connectivity index (χ0n) is 12.7. The molecular weight excluding hydrogens is 304 g/mol. The summed E-state index contributed by atoms with van der Waals surface area (Å²) < 4.78 is 0. The minimum atomic E-state index is 0. The number of fused-ring (bicyclic) bond motifs is 1. The molecule has 0 aliphatic heterocycles. The van der Waals surface area contributed by atoms with Crippen LogP contribution in [0, 0.1) is 12.1 Å². The molecule has 0 spiro atoms. The maximum Gasteiger partial charge on any atom is 3.00 e. The molecule has 111 valence electrons. The van der Waals surface area contributed by atoms with Gasteiger partial charge in [0.15, 0.2) is 0 Å². The van der Waals surface area contributed by atoms with E-state index in [0.29, 0.717) is 0 Å². The van der Waals surface area contributed by atoms with Gasteiger partial charge in [0.25, 0.3) is 0 Å². The molecule has 0 heterocycles. The molecule has 1 aliphatic carbocycles. The van der Waals surface area contributed by atoms with Crippen LogP contribution in [0.25, 0.3) is 0 Å². The summed E-state index contributed by atoms with van der Waals surface area (Å²) in [5.74, 6) is 0. The van der Waals surface area contributed by atoms with Crippen molar-refractivity contribution in [1.82, 2.24) is 0 Å². The van der Waals surface area contributed by atoms with Gasteiger partial charge < -0.3 is 0 Å². The molecule has 0 bridgehead atoms. The van der Waals surface area contributed by atoms with E-state index in [4.69, 9.17) is 0 Å². The van der Waals surface area contributed by atoms with Crippen LogP contribution < -0.4 is 0 Å². The van der Waals surface area contributed by atoms with Crippen molar-refractivity contribution in [2.24, 2.45) is 0 Å². The van der Waals surface area contributed by atoms with Crippen LogP contribution in [0.5, 0.6) is 0 Å². The van der Waals surface area contributed by atoms with Crippen LogP contribution in [0.1, 0.15) is 24.0 Å². The Labute approximate surface area is 145 Å². The zero-order chi connectivity index (χ0) is 14.6. The van der Waals surface area contributed by atoms with Crippen LogP contribution in [0.3, 0.4) is 0 Å². The molecule has 0 atom stereocenters. The zero-order valence-corrected chi connectivity index (χ0v) is 14.0. The quantitative estimate of drug-likeness (QED) is 0.495. The molecule has 0 unspecified atom stereocenters. The van der Waals surface area contributed by atoms with E-state index >= 15 is 0 Å². The van der Waals surface area contributed by atoms with Gasteiger partial charge in [-0.25, -0.2) is 6.07 Å². The summed E-state index contributed by atoms with van der Waals surface area (Å²) >= 11 is 0. The second-order valence-electron chi connectivity index (χ2n) is 4.94. The molecule has 0 aromatic heterocycles. The second-order valence-corrected chi connectivity index (χ2v) is 4.94. The standard InChI is InChI=1S/C9H11.2C6H5.Cr/c1-2-5-9-7-3-6-8(9)4-1;2*1-2-4-6-5-3-1;/h3,6-7H,1-2,4-5H2;2*1-5H;/q3*-1;+3. The van der Waals surface area contributed by atoms with Crippen LogP contribution in [0.4, 0.5) is 0 Å². The molecule has 22 heavy (non-hydrogen) atoms. The maximum atomic E-state index is 2.89. The van der Waals surface area contributed by atoms with Gasteiger partial charge in [-0.1, -0.05) is 25.7 Å². The van der Waals surface area contributed by atoms with Crippen molar-refractivity contribution in [1.29, 1.82) is 0 Å². The summed E-state index contributed by atoms with van der Waals surface area (Å²) in [5.41, 5.74) is 3.20. The summed E-state index contributed by atoms with van der Waals surface area (Å²) in [4.78, 5) is 0. The van der Waals surface area contributed by atoms with E-state index in [2.05, 4.69) is 30.3 Å². The Hall–Kier alpha value is -1.68. The third kappa shape index (κ3) is 7.36. The third-order valence-corrected chi connectivity index (χ3v) is 3.36. The molecule has 0 saturated heterocycles. The molecule has 1 radical (unpaired) electrons. The van der Waals surface area contributed by atoms with Crippen molar-refractivity contribution in [3.05, 3.63) is 102 Å². The van der Waals surface area contributed by atoms with E-state index in [9.17, 15) is 0 Å². The van der Waals surface area contributed by atoms with E-state index in [1.807, 2.05) is 60.7 Å². The molecule has 1 aliphatic rings. The molecular formula is C21H21Cr. The largest absolute Gasteiger partial charge is 3.00 e. The molecule has 3 aromatic rings. The first-order valence-electron chi connectivity index (χ1n) is 7.52. The van der Waals surface area contributed by atoms with Gasteiger partial charge in [0, 0.05) is 0 Å². The Morgan fingerprint density at radius 3 is 1.68 bits per heavy atom. The molecule has 4 rings (SSSR count). The molecule has 3 aromatic carbocycles. The minimum absolute atomic E-state index is 0. The van der Waals surface area contributed by atoms with Gasteiger partial charge >= 0.3 is 17.4 Å². The third-order valence-electron chi connectivity index (χ3n) is 3.36. The first-order valence-corrected chi connectivity index (χ1v) is 7.52. The van der Waals surface area contributed by atoms with Crippen molar-refractivity contribution in [2.75, 3.05) is 0 Å². The Morgan fingerprint density at radius 1 is 0.727 bits per heavy atom. The average molecular weight is 325 g/mol. The fourth-order valence-electron chi connectivity index (χ4n) is 2.30. The summed E-state index contributed by atoms with van der Waals surface area (Å²) in [6.45, 7) is 0. The number of hydrogen-bond acceptors (Lipinski definition) is 0. The average Bonchev–Trinajstić information content (AvgIpc) is 3.08. The Bertz CT molecular complexity index is 464.